The first-order valence-corrected chi connectivity index (χ1v) is 13.2. The van der Waals surface area contributed by atoms with Gasteiger partial charge in [0.05, 0.1) is 17.9 Å². The Morgan fingerprint density at radius 1 is 1.18 bits per heavy atom. The number of aliphatic hydroxyl groups excluding tert-OH is 1. The lowest BCUT2D eigenvalue weighted by Gasteiger charge is -2.34. The molecule has 3 N–H and O–H groups in total. The van der Waals surface area contributed by atoms with Gasteiger partial charge in [0.1, 0.15) is 11.6 Å². The molecule has 186 valence electrons. The van der Waals surface area contributed by atoms with Gasteiger partial charge in [0.15, 0.2) is 0 Å². The van der Waals surface area contributed by atoms with Crippen LogP contribution in [-0.2, 0) is 25.7 Å². The summed E-state index contributed by atoms with van der Waals surface area (Å²) in [5, 5.41) is 15.2. The Kier molecular flexibility index (Phi) is 7.94. The van der Waals surface area contributed by atoms with E-state index in [0.29, 0.717) is 38.9 Å². The van der Waals surface area contributed by atoms with Crippen molar-refractivity contribution in [3.8, 4) is 0 Å². The summed E-state index contributed by atoms with van der Waals surface area (Å²) < 4.78 is 6.45. The number of rotatable bonds is 11. The third-order valence-corrected chi connectivity index (χ3v) is 8.13. The fourth-order valence-electron chi connectivity index (χ4n) is 5.75. The Morgan fingerprint density at radius 3 is 2.65 bits per heavy atom. The number of benzene rings is 1. The molecule has 1 aromatic carbocycles. The first-order valence-electron chi connectivity index (χ1n) is 12.3. The SMILES string of the molecule is CCCCNC(=O)C1N(CCCCO)C(=O)[C@@H]2[C@H](C(=O)NCc3ccccc3)[C@H]3OC12CC3Br. The number of carbonyl (C=O) groups excluding carboxylic acids is 3. The second kappa shape index (κ2) is 10.7. The molecule has 0 saturated carbocycles. The fourth-order valence-corrected chi connectivity index (χ4v) is 6.69. The van der Waals surface area contributed by atoms with Crippen molar-refractivity contribution in [1.29, 1.82) is 0 Å². The molecule has 3 fully saturated rings. The van der Waals surface area contributed by atoms with E-state index in [1.807, 2.05) is 30.3 Å². The van der Waals surface area contributed by atoms with Crippen LogP contribution in [0.5, 0.6) is 0 Å². The highest BCUT2D eigenvalue weighted by molar-refractivity contribution is 9.09. The average Bonchev–Trinajstić information content (AvgIpc) is 3.42. The van der Waals surface area contributed by atoms with Crippen LogP contribution in [0.2, 0.25) is 0 Å². The molecule has 6 atom stereocenters. The quantitative estimate of drug-likeness (QED) is 0.295. The predicted molar refractivity (Wildman–Crippen MR) is 130 cm³/mol. The van der Waals surface area contributed by atoms with E-state index in [1.54, 1.807) is 4.90 Å². The van der Waals surface area contributed by atoms with Crippen molar-refractivity contribution in [1.82, 2.24) is 15.5 Å². The molecule has 3 aliphatic heterocycles. The number of hydrogen-bond acceptors (Lipinski definition) is 5. The van der Waals surface area contributed by atoms with E-state index in [2.05, 4.69) is 33.5 Å². The average molecular weight is 536 g/mol. The smallest absolute Gasteiger partial charge is 0.245 e. The minimum Gasteiger partial charge on any atom is -0.396 e. The van der Waals surface area contributed by atoms with Crippen LogP contribution < -0.4 is 10.6 Å². The summed E-state index contributed by atoms with van der Waals surface area (Å²) in [6.45, 7) is 3.33. The first kappa shape index (κ1) is 25.1. The summed E-state index contributed by atoms with van der Waals surface area (Å²) in [6, 6.07) is 8.84. The van der Waals surface area contributed by atoms with Gasteiger partial charge in [-0.25, -0.2) is 0 Å². The molecule has 4 rings (SSSR count). The Hall–Kier alpha value is -1.97. The number of aliphatic hydroxyl groups is 1. The van der Waals surface area contributed by atoms with Gasteiger partial charge in [-0.15, -0.1) is 0 Å². The van der Waals surface area contributed by atoms with E-state index >= 15 is 0 Å². The van der Waals surface area contributed by atoms with Crippen molar-refractivity contribution >= 4 is 33.7 Å². The molecule has 3 amide bonds. The van der Waals surface area contributed by atoms with Crippen LogP contribution in [0.3, 0.4) is 0 Å². The summed E-state index contributed by atoms with van der Waals surface area (Å²) in [5.41, 5.74) is -0.0539. The number of likely N-dealkylation sites (tertiary alicyclic amines) is 1. The van der Waals surface area contributed by atoms with Gasteiger partial charge in [-0.2, -0.15) is 0 Å². The molecule has 0 aliphatic carbocycles. The lowest BCUT2D eigenvalue weighted by molar-refractivity contribution is -0.142. The van der Waals surface area contributed by atoms with Crippen LogP contribution in [0.15, 0.2) is 30.3 Å². The van der Waals surface area contributed by atoms with E-state index in [1.165, 1.54) is 0 Å². The van der Waals surface area contributed by atoms with Gasteiger partial charge in [0.2, 0.25) is 17.7 Å². The van der Waals surface area contributed by atoms with Crippen LogP contribution in [0.4, 0.5) is 0 Å². The Morgan fingerprint density at radius 2 is 1.94 bits per heavy atom. The fraction of sp³-hybridized carbons (Fsp3) is 0.640. The van der Waals surface area contributed by atoms with Crippen molar-refractivity contribution in [3.05, 3.63) is 35.9 Å². The van der Waals surface area contributed by atoms with E-state index in [9.17, 15) is 19.5 Å². The number of halogens is 1. The molecule has 1 spiro atoms. The largest absolute Gasteiger partial charge is 0.396 e. The molecule has 3 heterocycles. The van der Waals surface area contributed by atoms with Crippen LogP contribution in [0.25, 0.3) is 0 Å². The summed E-state index contributed by atoms with van der Waals surface area (Å²) >= 11 is 3.68. The van der Waals surface area contributed by atoms with Crippen LogP contribution in [0.1, 0.15) is 44.6 Å². The van der Waals surface area contributed by atoms with Crippen LogP contribution in [0, 0.1) is 11.8 Å². The summed E-state index contributed by atoms with van der Waals surface area (Å²) in [7, 11) is 0. The highest BCUT2D eigenvalue weighted by Gasteiger charge is 2.76. The van der Waals surface area contributed by atoms with Gasteiger partial charge in [0, 0.05) is 31.1 Å². The number of carbonyl (C=O) groups is 3. The number of hydrogen-bond donors (Lipinski definition) is 3. The molecular formula is C25H34BrN3O5. The number of nitrogens with zero attached hydrogens (tertiary/aromatic N) is 1. The monoisotopic (exact) mass is 535 g/mol. The summed E-state index contributed by atoms with van der Waals surface area (Å²) in [5.74, 6) is -2.00. The second-order valence-corrected chi connectivity index (χ2v) is 10.7. The Labute approximate surface area is 208 Å². The highest BCUT2D eigenvalue weighted by atomic mass is 79.9. The van der Waals surface area contributed by atoms with Gasteiger partial charge >= 0.3 is 0 Å². The normalized spacial score (nSPS) is 31.6. The third-order valence-electron chi connectivity index (χ3n) is 7.29. The Bertz CT molecular complexity index is 900. The van der Waals surface area contributed by atoms with E-state index in [0.717, 1.165) is 18.4 Å². The van der Waals surface area contributed by atoms with Crippen molar-refractivity contribution < 1.29 is 24.2 Å². The van der Waals surface area contributed by atoms with Crippen molar-refractivity contribution in [2.24, 2.45) is 11.8 Å². The van der Waals surface area contributed by atoms with Gasteiger partial charge in [-0.3, -0.25) is 14.4 Å². The topological polar surface area (TPSA) is 108 Å². The van der Waals surface area contributed by atoms with Crippen LogP contribution >= 0.6 is 15.9 Å². The molecule has 2 bridgehead atoms. The molecule has 9 heteroatoms. The minimum absolute atomic E-state index is 0.0243. The van der Waals surface area contributed by atoms with Gasteiger partial charge in [0.25, 0.3) is 0 Å². The van der Waals surface area contributed by atoms with Crippen molar-refractivity contribution in [2.75, 3.05) is 19.7 Å². The lowest BCUT2D eigenvalue weighted by Crippen LogP contribution is -2.56. The molecule has 8 nitrogen and oxygen atoms in total. The molecule has 0 aromatic heterocycles. The number of nitrogens with one attached hydrogen (secondary N) is 2. The summed E-state index contributed by atoms with van der Waals surface area (Å²) in [6.07, 6.45) is 2.95. The van der Waals surface area contributed by atoms with Gasteiger partial charge < -0.3 is 25.4 Å². The maximum atomic E-state index is 13.7. The molecular weight excluding hydrogens is 502 g/mol. The zero-order valence-corrected chi connectivity index (χ0v) is 21.1. The van der Waals surface area contributed by atoms with Gasteiger partial charge in [-0.1, -0.05) is 59.6 Å². The lowest BCUT2D eigenvalue weighted by atomic mass is 9.70. The minimum atomic E-state index is -1.03. The maximum absolute atomic E-state index is 13.7. The standard InChI is InChI=1S/C25H34BrN3O5/c1-2-3-11-27-23(32)21-25-14-17(26)20(34-25)18(19(25)24(33)29(21)12-7-8-13-30)22(31)28-15-16-9-5-4-6-10-16/h4-6,9-10,17-21,30H,2-3,7-8,11-15H2,1H3,(H,27,32)(H,28,31)/t17?,18-,19-,20-,21?,25?/m0/s1. The van der Waals surface area contributed by atoms with E-state index in [-0.39, 0.29) is 29.2 Å². The molecule has 3 unspecified atom stereocenters. The predicted octanol–water partition coefficient (Wildman–Crippen LogP) is 1.74. The number of ether oxygens (including phenoxy) is 1. The zero-order valence-electron chi connectivity index (χ0n) is 19.5. The number of fused-ring (bicyclic) bond motifs is 1. The summed E-state index contributed by atoms with van der Waals surface area (Å²) in [4.78, 5) is 41.9. The van der Waals surface area contributed by atoms with E-state index < -0.39 is 29.6 Å². The highest BCUT2D eigenvalue weighted by Crippen LogP contribution is 2.60. The third kappa shape index (κ3) is 4.50. The number of alkyl halides is 1. The van der Waals surface area contributed by atoms with Crippen LogP contribution in [-0.4, -0.2) is 70.0 Å². The van der Waals surface area contributed by atoms with E-state index in [4.69, 9.17) is 4.74 Å². The number of unbranched alkanes of at least 4 members (excludes halogenated alkanes) is 2. The molecule has 3 aliphatic rings. The van der Waals surface area contributed by atoms with Crippen molar-refractivity contribution in [2.45, 2.75) is 68.1 Å². The second-order valence-electron chi connectivity index (χ2n) is 9.47. The van der Waals surface area contributed by atoms with Crippen molar-refractivity contribution in [3.63, 3.8) is 0 Å². The molecule has 1 aromatic rings. The first-order chi connectivity index (χ1) is 16.4. The van der Waals surface area contributed by atoms with Gasteiger partial charge in [-0.05, 0) is 31.2 Å². The maximum Gasteiger partial charge on any atom is 0.245 e. The molecule has 3 saturated heterocycles. The zero-order chi connectivity index (χ0) is 24.3. The number of amides is 3. The Balaban J connectivity index is 1.59. The molecule has 34 heavy (non-hydrogen) atoms. The molecule has 0 radical (unpaired) electrons.